The molecule has 2 N–H and O–H groups in total. The number of hydrogen-bond donors (Lipinski definition) is 2. The van der Waals surface area contributed by atoms with Crippen LogP contribution < -0.4 is 4.74 Å². The fourth-order valence-corrected chi connectivity index (χ4v) is 5.17. The second kappa shape index (κ2) is 9.75. The van der Waals surface area contributed by atoms with Gasteiger partial charge in [-0.2, -0.15) is 0 Å². The molecule has 1 heterocycles. The van der Waals surface area contributed by atoms with Crippen LogP contribution in [0.4, 0.5) is 10.1 Å². The second-order valence-electron chi connectivity index (χ2n) is 7.75. The number of aliphatic imine (C=N–C) groups is 1. The summed E-state index contributed by atoms with van der Waals surface area (Å²) in [7, 11) is 0. The Bertz CT molecular complexity index is 971. The van der Waals surface area contributed by atoms with Crippen molar-refractivity contribution in [3.63, 3.8) is 0 Å². The minimum atomic E-state index is -0.805. The van der Waals surface area contributed by atoms with E-state index in [0.29, 0.717) is 23.2 Å². The Labute approximate surface area is 186 Å². The lowest BCUT2D eigenvalue weighted by Crippen LogP contribution is -2.43. The SMILES string of the molecule is CCOc1ccc(/C=C2\SC(=Nc3ccc(F)cc3)N(C3CCCCC3)C2O)cc1O. The zero-order valence-electron chi connectivity index (χ0n) is 17.5. The van der Waals surface area contributed by atoms with Crippen molar-refractivity contribution in [1.29, 1.82) is 0 Å². The fraction of sp³-hybridized carbons (Fsp3) is 0.375. The van der Waals surface area contributed by atoms with Crippen LogP contribution in [0.5, 0.6) is 11.5 Å². The average Bonchev–Trinajstić information content (AvgIpc) is 3.07. The van der Waals surface area contributed by atoms with Crippen LogP contribution >= 0.6 is 11.8 Å². The molecule has 0 spiro atoms. The molecule has 0 bridgehead atoms. The summed E-state index contributed by atoms with van der Waals surface area (Å²) in [6.45, 7) is 2.34. The van der Waals surface area contributed by atoms with Crippen LogP contribution in [0.15, 0.2) is 52.4 Å². The van der Waals surface area contributed by atoms with E-state index in [9.17, 15) is 14.6 Å². The number of halogens is 1. The third-order valence-electron chi connectivity index (χ3n) is 5.56. The molecule has 0 radical (unpaired) electrons. The summed E-state index contributed by atoms with van der Waals surface area (Å²) in [6, 6.07) is 11.5. The van der Waals surface area contributed by atoms with Gasteiger partial charge in [-0.05, 0) is 67.8 Å². The number of aliphatic hydroxyl groups is 1. The highest BCUT2D eigenvalue weighted by Gasteiger charge is 2.38. The van der Waals surface area contributed by atoms with Crippen LogP contribution in [0.25, 0.3) is 6.08 Å². The van der Waals surface area contributed by atoms with Gasteiger partial charge in [0.1, 0.15) is 5.82 Å². The number of phenolic OH excluding ortho intramolecular Hbond substituents is 1. The summed E-state index contributed by atoms with van der Waals surface area (Å²) in [4.78, 5) is 7.46. The summed E-state index contributed by atoms with van der Waals surface area (Å²) >= 11 is 1.42. The van der Waals surface area contributed by atoms with Crippen molar-refractivity contribution in [2.24, 2.45) is 4.99 Å². The van der Waals surface area contributed by atoms with E-state index in [1.54, 1.807) is 24.3 Å². The smallest absolute Gasteiger partial charge is 0.171 e. The normalized spacial score (nSPS) is 22.4. The van der Waals surface area contributed by atoms with Crippen molar-refractivity contribution in [2.75, 3.05) is 6.61 Å². The molecule has 1 atom stereocenters. The number of rotatable bonds is 5. The lowest BCUT2D eigenvalue weighted by Gasteiger charge is -2.34. The summed E-state index contributed by atoms with van der Waals surface area (Å²) in [5.74, 6) is 0.202. The first kappa shape index (κ1) is 21.7. The Morgan fingerprint density at radius 2 is 1.90 bits per heavy atom. The molecule has 31 heavy (non-hydrogen) atoms. The molecule has 5 nitrogen and oxygen atoms in total. The quantitative estimate of drug-likeness (QED) is 0.626. The van der Waals surface area contributed by atoms with E-state index in [4.69, 9.17) is 9.73 Å². The Kier molecular flexibility index (Phi) is 6.83. The molecule has 2 aromatic rings. The van der Waals surface area contributed by atoms with Gasteiger partial charge in [-0.3, -0.25) is 0 Å². The van der Waals surface area contributed by atoms with E-state index in [2.05, 4.69) is 0 Å². The molecule has 1 saturated heterocycles. The lowest BCUT2D eigenvalue weighted by atomic mass is 9.94. The minimum absolute atomic E-state index is 0.0676. The van der Waals surface area contributed by atoms with Gasteiger partial charge in [0.05, 0.1) is 12.3 Å². The molecule has 4 rings (SSSR count). The zero-order valence-corrected chi connectivity index (χ0v) is 18.3. The number of aromatic hydroxyl groups is 1. The largest absolute Gasteiger partial charge is 0.504 e. The monoisotopic (exact) mass is 442 g/mol. The van der Waals surface area contributed by atoms with Crippen LogP contribution in [-0.2, 0) is 0 Å². The minimum Gasteiger partial charge on any atom is -0.504 e. The van der Waals surface area contributed by atoms with Crippen molar-refractivity contribution in [3.05, 3.63) is 58.8 Å². The van der Waals surface area contributed by atoms with E-state index in [1.165, 1.54) is 30.3 Å². The molecular formula is C24H27FN2O3S. The lowest BCUT2D eigenvalue weighted by molar-refractivity contribution is 0.0586. The molecule has 0 amide bonds. The van der Waals surface area contributed by atoms with Gasteiger partial charge in [0, 0.05) is 10.9 Å². The summed E-state index contributed by atoms with van der Waals surface area (Å²) in [6.07, 6.45) is 6.57. The van der Waals surface area contributed by atoms with Gasteiger partial charge in [-0.25, -0.2) is 9.38 Å². The van der Waals surface area contributed by atoms with Crippen molar-refractivity contribution in [2.45, 2.75) is 51.3 Å². The van der Waals surface area contributed by atoms with Gasteiger partial charge in [0.2, 0.25) is 0 Å². The third kappa shape index (κ3) is 5.05. The van der Waals surface area contributed by atoms with Crippen molar-refractivity contribution >= 4 is 28.7 Å². The maximum atomic E-state index is 13.3. The first-order valence-corrected chi connectivity index (χ1v) is 11.5. The van der Waals surface area contributed by atoms with E-state index in [1.807, 2.05) is 24.0 Å². The number of nitrogens with zero attached hydrogens (tertiary/aromatic N) is 2. The third-order valence-corrected chi connectivity index (χ3v) is 6.61. The van der Waals surface area contributed by atoms with Gasteiger partial charge < -0.3 is 19.8 Å². The van der Waals surface area contributed by atoms with Gasteiger partial charge in [0.25, 0.3) is 0 Å². The highest BCUT2D eigenvalue weighted by molar-refractivity contribution is 8.17. The van der Waals surface area contributed by atoms with E-state index >= 15 is 0 Å². The van der Waals surface area contributed by atoms with Crippen LogP contribution in [0.3, 0.4) is 0 Å². The standard InChI is InChI=1S/C24H27FN2O3S/c1-2-30-21-13-8-16(14-20(21)28)15-22-23(29)27(19-6-4-3-5-7-19)24(31-22)26-18-11-9-17(25)10-12-18/h8-15,19,23,28-29H,2-7H2,1H3/b22-15-,26-24?. The van der Waals surface area contributed by atoms with Crippen molar-refractivity contribution in [1.82, 2.24) is 4.90 Å². The Balaban J connectivity index is 1.65. The molecular weight excluding hydrogens is 415 g/mol. The second-order valence-corrected chi connectivity index (χ2v) is 8.79. The zero-order chi connectivity index (χ0) is 21.8. The van der Waals surface area contributed by atoms with E-state index in [0.717, 1.165) is 36.2 Å². The van der Waals surface area contributed by atoms with E-state index in [-0.39, 0.29) is 17.6 Å². The van der Waals surface area contributed by atoms with Crippen LogP contribution in [-0.4, -0.2) is 39.2 Å². The molecule has 1 aliphatic carbocycles. The predicted octanol–water partition coefficient (Wildman–Crippen LogP) is 5.66. The van der Waals surface area contributed by atoms with Gasteiger partial charge in [-0.1, -0.05) is 37.1 Å². The number of hydrogen-bond acceptors (Lipinski definition) is 5. The number of aliphatic hydroxyl groups excluding tert-OH is 1. The van der Waals surface area contributed by atoms with Gasteiger partial charge >= 0.3 is 0 Å². The molecule has 2 fully saturated rings. The number of benzene rings is 2. The number of phenols is 1. The Morgan fingerprint density at radius 1 is 1.16 bits per heavy atom. The predicted molar refractivity (Wildman–Crippen MR) is 123 cm³/mol. The van der Waals surface area contributed by atoms with Crippen molar-refractivity contribution in [3.8, 4) is 11.5 Å². The van der Waals surface area contributed by atoms with Crippen LogP contribution in [0, 0.1) is 5.82 Å². The van der Waals surface area contributed by atoms with Crippen molar-refractivity contribution < 1.29 is 19.3 Å². The maximum absolute atomic E-state index is 13.3. The van der Waals surface area contributed by atoms with Crippen LogP contribution in [0.1, 0.15) is 44.6 Å². The maximum Gasteiger partial charge on any atom is 0.171 e. The molecule has 0 aromatic heterocycles. The molecule has 164 valence electrons. The topological polar surface area (TPSA) is 65.3 Å². The molecule has 7 heteroatoms. The highest BCUT2D eigenvalue weighted by Crippen LogP contribution is 2.41. The number of ether oxygens (including phenoxy) is 1. The summed E-state index contributed by atoms with van der Waals surface area (Å²) < 4.78 is 18.7. The first-order valence-electron chi connectivity index (χ1n) is 10.7. The summed E-state index contributed by atoms with van der Waals surface area (Å²) in [5, 5.41) is 22.1. The number of thioether (sulfide) groups is 1. The average molecular weight is 443 g/mol. The molecule has 2 aromatic carbocycles. The fourth-order valence-electron chi connectivity index (χ4n) is 4.04. The Morgan fingerprint density at radius 3 is 2.58 bits per heavy atom. The Hall–Kier alpha value is -2.51. The summed E-state index contributed by atoms with van der Waals surface area (Å²) in [5.41, 5.74) is 1.42. The van der Waals surface area contributed by atoms with E-state index < -0.39 is 6.23 Å². The van der Waals surface area contributed by atoms with Gasteiger partial charge in [0.15, 0.2) is 22.9 Å². The number of amidine groups is 1. The molecule has 1 saturated carbocycles. The first-order chi connectivity index (χ1) is 15.0. The highest BCUT2D eigenvalue weighted by atomic mass is 32.2. The van der Waals surface area contributed by atoms with Gasteiger partial charge in [-0.15, -0.1) is 0 Å². The molecule has 1 aliphatic heterocycles. The van der Waals surface area contributed by atoms with Crippen LogP contribution in [0.2, 0.25) is 0 Å². The molecule has 1 unspecified atom stereocenters. The molecule has 2 aliphatic rings.